The van der Waals surface area contributed by atoms with Crippen LogP contribution in [-0.4, -0.2) is 9.97 Å². The van der Waals surface area contributed by atoms with Gasteiger partial charge in [0.2, 0.25) is 0 Å². The summed E-state index contributed by atoms with van der Waals surface area (Å²) in [5, 5.41) is 2.23. The first-order valence-corrected chi connectivity index (χ1v) is 14.1. The maximum atomic E-state index is 5.15. The van der Waals surface area contributed by atoms with Crippen molar-refractivity contribution < 1.29 is 0 Å². The van der Waals surface area contributed by atoms with Crippen LogP contribution in [0, 0.1) is 0 Å². The fourth-order valence-corrected chi connectivity index (χ4v) is 7.25. The van der Waals surface area contributed by atoms with Crippen molar-refractivity contribution in [2.45, 2.75) is 38.5 Å². The molecular weight excluding hydrogens is 484 g/mol. The van der Waals surface area contributed by atoms with Gasteiger partial charge in [0.05, 0.1) is 16.7 Å². The summed E-state index contributed by atoms with van der Waals surface area (Å²) in [4.78, 5) is 9.80. The summed E-state index contributed by atoms with van der Waals surface area (Å²) in [6.07, 6.45) is 1.85. The highest BCUT2D eigenvalue weighted by molar-refractivity contribution is 6.10. The smallest absolute Gasteiger partial charge is 0.0972 e. The number of aromatic nitrogens is 2. The molecule has 40 heavy (non-hydrogen) atoms. The Labute approximate surface area is 235 Å². The van der Waals surface area contributed by atoms with Crippen molar-refractivity contribution in [3.05, 3.63) is 132 Å². The van der Waals surface area contributed by atoms with Gasteiger partial charge in [-0.3, -0.25) is 4.98 Å². The number of fused-ring (bicyclic) bond motifs is 7. The fourth-order valence-electron chi connectivity index (χ4n) is 7.25. The Morgan fingerprint density at radius 2 is 1.10 bits per heavy atom. The zero-order valence-electron chi connectivity index (χ0n) is 23.3. The van der Waals surface area contributed by atoms with E-state index in [1.54, 1.807) is 0 Å². The molecule has 2 heteroatoms. The molecule has 2 nitrogen and oxygen atoms in total. The van der Waals surface area contributed by atoms with E-state index in [1.165, 1.54) is 44.5 Å². The fraction of sp³-hybridized carbons (Fsp3) is 0.158. The summed E-state index contributed by atoms with van der Waals surface area (Å²) < 4.78 is 0. The van der Waals surface area contributed by atoms with E-state index >= 15 is 0 Å². The first-order valence-electron chi connectivity index (χ1n) is 14.1. The number of hydrogen-bond donors (Lipinski definition) is 0. The van der Waals surface area contributed by atoms with Crippen molar-refractivity contribution >= 4 is 33.0 Å². The summed E-state index contributed by atoms with van der Waals surface area (Å²) in [6.45, 7) is 9.56. The normalized spacial score (nSPS) is 16.3. The lowest BCUT2D eigenvalue weighted by molar-refractivity contribution is 0.694. The molecule has 6 aromatic rings. The van der Waals surface area contributed by atoms with Gasteiger partial charge in [-0.15, -0.1) is 0 Å². The van der Waals surface area contributed by atoms with E-state index in [-0.39, 0.29) is 10.8 Å². The zero-order valence-corrected chi connectivity index (χ0v) is 23.3. The molecule has 2 aromatic heterocycles. The van der Waals surface area contributed by atoms with Crippen molar-refractivity contribution in [3.63, 3.8) is 0 Å². The van der Waals surface area contributed by atoms with Gasteiger partial charge >= 0.3 is 0 Å². The first kappa shape index (κ1) is 23.3. The molecule has 0 fully saturated rings. The van der Waals surface area contributed by atoms with Crippen molar-refractivity contribution in [3.8, 4) is 22.4 Å². The lowest BCUT2D eigenvalue weighted by Crippen LogP contribution is -2.19. The molecule has 0 saturated heterocycles. The van der Waals surface area contributed by atoms with E-state index < -0.39 is 0 Å². The van der Waals surface area contributed by atoms with Crippen LogP contribution in [-0.2, 0) is 10.8 Å². The minimum Gasteiger partial charge on any atom is -0.254 e. The molecule has 0 saturated carbocycles. The Morgan fingerprint density at radius 1 is 0.500 bits per heavy atom. The number of allylic oxidation sites excluding steroid dienone is 2. The van der Waals surface area contributed by atoms with Gasteiger partial charge in [-0.05, 0) is 68.8 Å². The minimum absolute atomic E-state index is 0.0781. The second-order valence-corrected chi connectivity index (χ2v) is 12.3. The van der Waals surface area contributed by atoms with Crippen LogP contribution in [0.5, 0.6) is 0 Å². The molecule has 0 unspecified atom stereocenters. The lowest BCUT2D eigenvalue weighted by atomic mass is 9.75. The number of benzene rings is 4. The summed E-state index contributed by atoms with van der Waals surface area (Å²) in [5.41, 5.74) is 14.9. The van der Waals surface area contributed by atoms with E-state index in [4.69, 9.17) is 4.98 Å². The summed E-state index contributed by atoms with van der Waals surface area (Å²) in [5.74, 6) is 0. The van der Waals surface area contributed by atoms with Crippen LogP contribution in [0.15, 0.2) is 109 Å². The molecule has 2 heterocycles. The van der Waals surface area contributed by atoms with Gasteiger partial charge in [0.1, 0.15) is 0 Å². The molecule has 0 bridgehead atoms. The third kappa shape index (κ3) is 3.11. The number of pyridine rings is 2. The SMILES string of the molecule is CC1(C)C2=C(c3ccc(-c4ccccc4)cc31)C(C)(C)c1cc(-c3ccc4ccc5cccnc5c4n3)ccc12. The molecule has 0 atom stereocenters. The summed E-state index contributed by atoms with van der Waals surface area (Å²) in [6, 6.07) is 37.4. The van der Waals surface area contributed by atoms with Crippen LogP contribution < -0.4 is 0 Å². The second-order valence-electron chi connectivity index (χ2n) is 12.3. The van der Waals surface area contributed by atoms with Gasteiger partial charge in [-0.25, -0.2) is 4.98 Å². The Bertz CT molecular complexity index is 2040. The zero-order chi connectivity index (χ0) is 27.2. The van der Waals surface area contributed by atoms with Crippen LogP contribution >= 0.6 is 0 Å². The van der Waals surface area contributed by atoms with E-state index in [1.807, 2.05) is 12.3 Å². The first-order chi connectivity index (χ1) is 19.3. The lowest BCUT2D eigenvalue weighted by Gasteiger charge is -2.28. The standard InChI is InChI=1S/C38H30N2/c1-37(2)30-21-26(23-9-6-5-7-10-23)14-17-28(30)33-34(37)29-18-15-27(22-31(29)38(33,3)4)32-19-16-25-13-12-24-11-8-20-39-35(24)36(25)40-32/h5-22H,1-4H3. The highest BCUT2D eigenvalue weighted by Crippen LogP contribution is 2.63. The van der Waals surface area contributed by atoms with Gasteiger partial charge in [0, 0.05) is 33.4 Å². The van der Waals surface area contributed by atoms with E-state index in [0.29, 0.717) is 0 Å². The average Bonchev–Trinajstić information content (AvgIpc) is 3.38. The maximum absolute atomic E-state index is 5.15. The Balaban J connectivity index is 1.25. The van der Waals surface area contributed by atoms with Crippen molar-refractivity contribution in [1.82, 2.24) is 9.97 Å². The van der Waals surface area contributed by atoms with Crippen LogP contribution in [0.4, 0.5) is 0 Å². The topological polar surface area (TPSA) is 25.8 Å². The van der Waals surface area contributed by atoms with E-state index in [0.717, 1.165) is 33.1 Å². The second kappa shape index (κ2) is 7.99. The molecule has 2 aliphatic rings. The van der Waals surface area contributed by atoms with E-state index in [9.17, 15) is 0 Å². The molecule has 8 rings (SSSR count). The Morgan fingerprint density at radius 3 is 1.80 bits per heavy atom. The molecule has 4 aromatic carbocycles. The van der Waals surface area contributed by atoms with Gasteiger partial charge in [0.25, 0.3) is 0 Å². The predicted molar refractivity (Wildman–Crippen MR) is 167 cm³/mol. The molecule has 0 aliphatic heterocycles. The number of hydrogen-bond acceptors (Lipinski definition) is 2. The van der Waals surface area contributed by atoms with Gasteiger partial charge < -0.3 is 0 Å². The largest absolute Gasteiger partial charge is 0.254 e. The predicted octanol–water partition coefficient (Wildman–Crippen LogP) is 9.61. The molecule has 192 valence electrons. The maximum Gasteiger partial charge on any atom is 0.0972 e. The Kier molecular flexibility index (Phi) is 4.66. The number of nitrogens with zero attached hydrogens (tertiary/aromatic N) is 2. The molecular formula is C38H30N2. The van der Waals surface area contributed by atoms with Crippen LogP contribution in [0.2, 0.25) is 0 Å². The molecule has 0 radical (unpaired) electrons. The van der Waals surface area contributed by atoms with E-state index in [2.05, 4.69) is 130 Å². The van der Waals surface area contributed by atoms with Crippen molar-refractivity contribution in [1.29, 1.82) is 0 Å². The monoisotopic (exact) mass is 514 g/mol. The van der Waals surface area contributed by atoms with Gasteiger partial charge in [-0.2, -0.15) is 0 Å². The summed E-state index contributed by atoms with van der Waals surface area (Å²) in [7, 11) is 0. The van der Waals surface area contributed by atoms with Crippen LogP contribution in [0.25, 0.3) is 55.3 Å². The minimum atomic E-state index is -0.109. The van der Waals surface area contributed by atoms with Crippen LogP contribution in [0.1, 0.15) is 49.9 Å². The number of rotatable bonds is 2. The van der Waals surface area contributed by atoms with Crippen LogP contribution in [0.3, 0.4) is 0 Å². The van der Waals surface area contributed by atoms with Crippen molar-refractivity contribution in [2.75, 3.05) is 0 Å². The Hall–Kier alpha value is -4.56. The van der Waals surface area contributed by atoms with Gasteiger partial charge in [-0.1, -0.05) is 107 Å². The molecule has 2 aliphatic carbocycles. The third-order valence-corrected chi connectivity index (χ3v) is 9.26. The highest BCUT2D eigenvalue weighted by Gasteiger charge is 2.49. The molecule has 0 spiro atoms. The third-order valence-electron chi connectivity index (χ3n) is 9.26. The molecule has 0 N–H and O–H groups in total. The van der Waals surface area contributed by atoms with Gasteiger partial charge in [0.15, 0.2) is 0 Å². The quantitative estimate of drug-likeness (QED) is 0.215. The molecule has 0 amide bonds. The highest BCUT2D eigenvalue weighted by atomic mass is 14.8. The van der Waals surface area contributed by atoms with Crippen molar-refractivity contribution in [2.24, 2.45) is 0 Å². The summed E-state index contributed by atoms with van der Waals surface area (Å²) >= 11 is 0. The average molecular weight is 515 g/mol.